The summed E-state index contributed by atoms with van der Waals surface area (Å²) < 4.78 is 12.5. The van der Waals surface area contributed by atoms with Gasteiger partial charge in [-0.15, -0.1) is 0 Å². The Hall–Kier alpha value is -1.72. The van der Waals surface area contributed by atoms with E-state index in [9.17, 15) is 14.3 Å². The molecule has 0 saturated heterocycles. The highest BCUT2D eigenvalue weighted by atomic mass is 19.1. The molecule has 0 aromatic heterocycles. The molecule has 16 heavy (non-hydrogen) atoms. The lowest BCUT2D eigenvalue weighted by Crippen LogP contribution is -2.40. The Kier molecular flexibility index (Phi) is 4.16. The first kappa shape index (κ1) is 12.4. The van der Waals surface area contributed by atoms with E-state index in [1.165, 1.54) is 36.4 Å². The summed E-state index contributed by atoms with van der Waals surface area (Å²) in [5.74, 6) is -1.64. The zero-order valence-corrected chi connectivity index (χ0v) is 8.38. The van der Waals surface area contributed by atoms with Gasteiger partial charge in [-0.25, -0.2) is 4.39 Å². The number of rotatable bonds is 4. The van der Waals surface area contributed by atoms with Crippen molar-refractivity contribution >= 4 is 12.0 Å². The SMILES string of the molecule is NC(C(=O)O)C(O)/C=C/c1ccc(F)cc1. The van der Waals surface area contributed by atoms with E-state index in [-0.39, 0.29) is 5.82 Å². The Morgan fingerprint density at radius 3 is 2.44 bits per heavy atom. The van der Waals surface area contributed by atoms with Crippen molar-refractivity contribution in [1.82, 2.24) is 0 Å². The number of aliphatic hydroxyl groups is 1. The molecule has 1 aromatic rings. The first-order valence-corrected chi connectivity index (χ1v) is 4.61. The van der Waals surface area contributed by atoms with Crippen molar-refractivity contribution in [3.05, 3.63) is 41.7 Å². The Bertz CT molecular complexity index is 389. The third kappa shape index (κ3) is 3.45. The number of carbonyl (C=O) groups is 1. The van der Waals surface area contributed by atoms with Crippen LogP contribution >= 0.6 is 0 Å². The maximum absolute atomic E-state index is 12.5. The van der Waals surface area contributed by atoms with Crippen LogP contribution in [0.4, 0.5) is 4.39 Å². The van der Waals surface area contributed by atoms with Crippen LogP contribution in [0.5, 0.6) is 0 Å². The molecule has 0 saturated carbocycles. The molecule has 4 nitrogen and oxygen atoms in total. The fourth-order valence-electron chi connectivity index (χ4n) is 1.05. The second-order valence-electron chi connectivity index (χ2n) is 3.27. The van der Waals surface area contributed by atoms with Crippen LogP contribution in [0.25, 0.3) is 6.08 Å². The zero-order chi connectivity index (χ0) is 12.1. The highest BCUT2D eigenvalue weighted by Gasteiger charge is 2.18. The lowest BCUT2D eigenvalue weighted by Gasteiger charge is -2.09. The third-order valence-corrected chi connectivity index (χ3v) is 2.01. The smallest absolute Gasteiger partial charge is 0.323 e. The topological polar surface area (TPSA) is 83.6 Å². The van der Waals surface area contributed by atoms with Gasteiger partial charge in [-0.3, -0.25) is 4.79 Å². The van der Waals surface area contributed by atoms with Gasteiger partial charge >= 0.3 is 5.97 Å². The average molecular weight is 225 g/mol. The van der Waals surface area contributed by atoms with E-state index in [0.717, 1.165) is 0 Å². The van der Waals surface area contributed by atoms with Crippen molar-refractivity contribution in [1.29, 1.82) is 0 Å². The molecular weight excluding hydrogens is 213 g/mol. The van der Waals surface area contributed by atoms with E-state index in [2.05, 4.69) is 0 Å². The van der Waals surface area contributed by atoms with Gasteiger partial charge in [0.2, 0.25) is 0 Å². The van der Waals surface area contributed by atoms with E-state index in [1.807, 2.05) is 0 Å². The summed E-state index contributed by atoms with van der Waals surface area (Å²) in [6.07, 6.45) is 1.46. The molecule has 1 rings (SSSR count). The number of benzene rings is 1. The standard InChI is InChI=1S/C11H12FNO3/c12-8-4-1-7(2-5-8)3-6-9(14)10(13)11(15)16/h1-6,9-10,14H,13H2,(H,15,16)/b6-3+. The molecule has 2 unspecified atom stereocenters. The van der Waals surface area contributed by atoms with Crippen LogP contribution < -0.4 is 5.73 Å². The first-order valence-electron chi connectivity index (χ1n) is 4.61. The van der Waals surface area contributed by atoms with Crippen LogP contribution in [0.1, 0.15) is 5.56 Å². The molecule has 4 N–H and O–H groups in total. The number of aliphatic carboxylic acids is 1. The predicted octanol–water partition coefficient (Wildman–Crippen LogP) is 0.612. The molecular formula is C11H12FNO3. The number of carboxylic acid groups (broad SMARTS) is 1. The van der Waals surface area contributed by atoms with Crippen LogP contribution in [-0.4, -0.2) is 28.3 Å². The van der Waals surface area contributed by atoms with Crippen molar-refractivity contribution in [2.24, 2.45) is 5.73 Å². The molecule has 0 aliphatic rings. The number of nitrogens with two attached hydrogens (primary N) is 1. The molecule has 0 radical (unpaired) electrons. The summed E-state index contributed by atoms with van der Waals surface area (Å²) in [6, 6.07) is 4.18. The van der Waals surface area contributed by atoms with Crippen LogP contribution in [0.15, 0.2) is 30.3 Å². The maximum atomic E-state index is 12.5. The maximum Gasteiger partial charge on any atom is 0.323 e. The molecule has 0 spiro atoms. The predicted molar refractivity (Wildman–Crippen MR) is 57.1 cm³/mol. The molecule has 2 atom stereocenters. The van der Waals surface area contributed by atoms with Gasteiger partial charge in [-0.05, 0) is 17.7 Å². The van der Waals surface area contributed by atoms with Crippen LogP contribution in [-0.2, 0) is 4.79 Å². The minimum atomic E-state index is -1.36. The molecule has 0 heterocycles. The number of hydrogen-bond donors (Lipinski definition) is 3. The third-order valence-electron chi connectivity index (χ3n) is 2.01. The second kappa shape index (κ2) is 5.39. The van der Waals surface area contributed by atoms with Gasteiger partial charge in [-0.1, -0.05) is 24.3 Å². The van der Waals surface area contributed by atoms with Crippen LogP contribution in [0, 0.1) is 5.82 Å². The fourth-order valence-corrected chi connectivity index (χ4v) is 1.05. The normalized spacial score (nSPS) is 14.9. The van der Waals surface area contributed by atoms with E-state index >= 15 is 0 Å². The van der Waals surface area contributed by atoms with Crippen molar-refractivity contribution in [2.45, 2.75) is 12.1 Å². The number of halogens is 1. The molecule has 0 aliphatic carbocycles. The van der Waals surface area contributed by atoms with Gasteiger partial charge < -0.3 is 15.9 Å². The van der Waals surface area contributed by atoms with Gasteiger partial charge in [0.15, 0.2) is 0 Å². The molecule has 86 valence electrons. The molecule has 1 aromatic carbocycles. The summed E-state index contributed by atoms with van der Waals surface area (Å²) in [4.78, 5) is 10.4. The number of aliphatic hydroxyl groups excluding tert-OH is 1. The van der Waals surface area contributed by atoms with Crippen LogP contribution in [0.2, 0.25) is 0 Å². The quantitative estimate of drug-likeness (QED) is 0.701. The van der Waals surface area contributed by atoms with Gasteiger partial charge in [-0.2, -0.15) is 0 Å². The Morgan fingerprint density at radius 2 is 1.94 bits per heavy atom. The summed E-state index contributed by atoms with van der Waals surface area (Å²) in [6.45, 7) is 0. The van der Waals surface area contributed by atoms with Crippen molar-refractivity contribution in [3.8, 4) is 0 Å². The Morgan fingerprint density at radius 1 is 1.38 bits per heavy atom. The fraction of sp³-hybridized carbons (Fsp3) is 0.182. The summed E-state index contributed by atoms with van der Waals surface area (Å²) >= 11 is 0. The molecule has 0 amide bonds. The summed E-state index contributed by atoms with van der Waals surface area (Å²) in [5, 5.41) is 17.9. The number of carboxylic acids is 1. The van der Waals surface area contributed by atoms with E-state index < -0.39 is 18.1 Å². The van der Waals surface area contributed by atoms with Crippen molar-refractivity contribution < 1.29 is 19.4 Å². The average Bonchev–Trinajstić information content (AvgIpc) is 2.26. The molecule has 5 heteroatoms. The lowest BCUT2D eigenvalue weighted by atomic mass is 10.1. The Labute approximate surface area is 91.8 Å². The molecule has 0 fully saturated rings. The lowest BCUT2D eigenvalue weighted by molar-refractivity contribution is -0.140. The zero-order valence-electron chi connectivity index (χ0n) is 8.38. The summed E-state index contributed by atoms with van der Waals surface area (Å²) in [7, 11) is 0. The molecule has 0 bridgehead atoms. The highest BCUT2D eigenvalue weighted by Crippen LogP contribution is 2.06. The second-order valence-corrected chi connectivity index (χ2v) is 3.27. The summed E-state index contributed by atoms with van der Waals surface area (Å²) in [5.41, 5.74) is 5.84. The number of hydrogen-bond acceptors (Lipinski definition) is 3. The van der Waals surface area contributed by atoms with Gasteiger partial charge in [0, 0.05) is 0 Å². The highest BCUT2D eigenvalue weighted by molar-refractivity contribution is 5.74. The van der Waals surface area contributed by atoms with Crippen molar-refractivity contribution in [3.63, 3.8) is 0 Å². The largest absolute Gasteiger partial charge is 0.480 e. The van der Waals surface area contributed by atoms with E-state index in [1.54, 1.807) is 0 Å². The van der Waals surface area contributed by atoms with E-state index in [0.29, 0.717) is 5.56 Å². The minimum Gasteiger partial charge on any atom is -0.480 e. The van der Waals surface area contributed by atoms with Crippen LogP contribution in [0.3, 0.4) is 0 Å². The van der Waals surface area contributed by atoms with Gasteiger partial charge in [0.25, 0.3) is 0 Å². The Balaban J connectivity index is 2.66. The van der Waals surface area contributed by atoms with Gasteiger partial charge in [0.1, 0.15) is 11.9 Å². The van der Waals surface area contributed by atoms with Gasteiger partial charge in [0.05, 0.1) is 6.10 Å². The minimum absolute atomic E-state index is 0.361. The first-order chi connectivity index (χ1) is 7.50. The monoisotopic (exact) mass is 225 g/mol. The van der Waals surface area contributed by atoms with E-state index in [4.69, 9.17) is 10.8 Å². The van der Waals surface area contributed by atoms with Crippen molar-refractivity contribution in [2.75, 3.05) is 0 Å². The molecule has 0 aliphatic heterocycles.